The Morgan fingerprint density at radius 1 is 1.30 bits per heavy atom. The molecule has 3 rings (SSSR count). The Balaban J connectivity index is 1.97. The van der Waals surface area contributed by atoms with Crippen LogP contribution < -0.4 is 0 Å². The van der Waals surface area contributed by atoms with Gasteiger partial charge in [-0.25, -0.2) is 9.59 Å². The lowest BCUT2D eigenvalue weighted by molar-refractivity contribution is -0.209. The van der Waals surface area contributed by atoms with Crippen LogP contribution in [-0.4, -0.2) is 59.0 Å². The number of esters is 4. The molecule has 0 unspecified atom stereocenters. The third-order valence-corrected chi connectivity index (χ3v) is 7.40. The summed E-state index contributed by atoms with van der Waals surface area (Å²) in [4.78, 5) is 49.0. The maximum Gasteiger partial charge on any atom is 0.354 e. The molecule has 9 heteroatoms. The third kappa shape index (κ3) is 4.18. The van der Waals surface area contributed by atoms with Gasteiger partial charge in [-0.3, -0.25) is 9.59 Å². The van der Waals surface area contributed by atoms with Crippen LogP contribution in [0.3, 0.4) is 0 Å². The number of hydrogen-bond donors (Lipinski definition) is 1. The normalized spacial score (nSPS) is 35.7. The van der Waals surface area contributed by atoms with Crippen LogP contribution in [0.25, 0.3) is 0 Å². The maximum absolute atomic E-state index is 13.4. The van der Waals surface area contributed by atoms with E-state index in [4.69, 9.17) is 18.9 Å². The predicted octanol–water partition coefficient (Wildman–Crippen LogP) is 2.01. The zero-order valence-corrected chi connectivity index (χ0v) is 19.9. The van der Waals surface area contributed by atoms with Crippen molar-refractivity contribution in [3.63, 3.8) is 0 Å². The van der Waals surface area contributed by atoms with Gasteiger partial charge in [0.1, 0.15) is 18.3 Å². The van der Waals surface area contributed by atoms with Gasteiger partial charge in [0, 0.05) is 30.8 Å². The van der Waals surface area contributed by atoms with E-state index in [1.165, 1.54) is 20.8 Å². The van der Waals surface area contributed by atoms with Gasteiger partial charge in [0.15, 0.2) is 0 Å². The number of fused-ring (bicyclic) bond motifs is 3. The summed E-state index contributed by atoms with van der Waals surface area (Å²) < 4.78 is 21.9. The van der Waals surface area contributed by atoms with E-state index >= 15 is 0 Å². The lowest BCUT2D eigenvalue weighted by atomic mass is 9.54. The molecule has 0 bridgehead atoms. The number of hydrogen-bond acceptors (Lipinski definition) is 9. The van der Waals surface area contributed by atoms with E-state index in [1.807, 2.05) is 19.9 Å². The average Bonchev–Trinajstić information content (AvgIpc) is 2.98. The minimum Gasteiger partial charge on any atom is -0.458 e. The molecule has 9 nitrogen and oxygen atoms in total. The van der Waals surface area contributed by atoms with Crippen LogP contribution in [0.5, 0.6) is 0 Å². The molecule has 1 saturated carbocycles. The molecule has 8 atom stereocenters. The van der Waals surface area contributed by atoms with Crippen molar-refractivity contribution >= 4 is 23.9 Å². The first kappa shape index (κ1) is 25.0. The molecule has 2 aliphatic carbocycles. The Hall–Kier alpha value is -2.68. The molecule has 0 amide bonds. The zero-order chi connectivity index (χ0) is 24.9. The first-order chi connectivity index (χ1) is 15.2. The van der Waals surface area contributed by atoms with Crippen LogP contribution in [0.2, 0.25) is 0 Å². The van der Waals surface area contributed by atoms with Crippen LogP contribution >= 0.6 is 0 Å². The van der Waals surface area contributed by atoms with Crippen molar-refractivity contribution < 1.29 is 43.2 Å². The molecule has 0 aromatic rings. The summed E-state index contributed by atoms with van der Waals surface area (Å²) in [6.45, 7) is 12.7. The predicted molar refractivity (Wildman–Crippen MR) is 114 cm³/mol. The fourth-order valence-corrected chi connectivity index (χ4v) is 5.52. The molecule has 182 valence electrons. The van der Waals surface area contributed by atoms with Crippen LogP contribution in [0.4, 0.5) is 0 Å². The van der Waals surface area contributed by atoms with Gasteiger partial charge in [0.05, 0.1) is 12.0 Å². The van der Waals surface area contributed by atoms with Gasteiger partial charge in [0.2, 0.25) is 5.60 Å². The molecule has 1 saturated heterocycles. The van der Waals surface area contributed by atoms with Crippen LogP contribution in [-0.2, 0) is 38.1 Å². The molecule has 1 N–H and O–H groups in total. The molecule has 2 fully saturated rings. The Morgan fingerprint density at radius 3 is 2.52 bits per heavy atom. The minimum atomic E-state index is -1.92. The van der Waals surface area contributed by atoms with Crippen molar-refractivity contribution in [3.05, 3.63) is 23.8 Å². The van der Waals surface area contributed by atoms with E-state index in [1.54, 1.807) is 0 Å². The highest BCUT2D eigenvalue weighted by atomic mass is 16.6. The molecule has 33 heavy (non-hydrogen) atoms. The van der Waals surface area contributed by atoms with Crippen molar-refractivity contribution in [2.75, 3.05) is 0 Å². The number of carbonyl (C=O) groups is 4. The van der Waals surface area contributed by atoms with Gasteiger partial charge in [-0.1, -0.05) is 25.2 Å². The summed E-state index contributed by atoms with van der Waals surface area (Å²) in [6.07, 6.45) is -0.787. The molecular formula is C24H32O9. The second kappa shape index (κ2) is 8.59. The van der Waals surface area contributed by atoms with Gasteiger partial charge >= 0.3 is 23.9 Å². The van der Waals surface area contributed by atoms with Gasteiger partial charge in [-0.15, -0.1) is 0 Å². The number of ether oxygens (including phenoxy) is 4. The molecule has 1 aliphatic heterocycles. The Bertz CT molecular complexity index is 921. The van der Waals surface area contributed by atoms with Crippen molar-refractivity contribution in [1.29, 1.82) is 0 Å². The summed E-state index contributed by atoms with van der Waals surface area (Å²) in [5.74, 6) is -3.80. The molecule has 1 heterocycles. The quantitative estimate of drug-likeness (QED) is 0.281. The largest absolute Gasteiger partial charge is 0.458 e. The Labute approximate surface area is 193 Å². The molecular weight excluding hydrogens is 432 g/mol. The first-order valence-corrected chi connectivity index (χ1v) is 11.0. The second-order valence-corrected chi connectivity index (χ2v) is 9.70. The van der Waals surface area contributed by atoms with E-state index < -0.39 is 65.2 Å². The van der Waals surface area contributed by atoms with E-state index in [2.05, 4.69) is 6.58 Å². The van der Waals surface area contributed by atoms with E-state index in [-0.39, 0.29) is 17.9 Å². The van der Waals surface area contributed by atoms with Crippen molar-refractivity contribution in [2.24, 2.45) is 17.3 Å². The number of aliphatic hydroxyl groups is 1. The smallest absolute Gasteiger partial charge is 0.354 e. The standard InChI is InChI=1S/C24H32O9/c1-11-8-9-17(27)23(6)10-16(18-12(2)21(28)32-20(18)19(11)23)31-22(29)24(7,33-15(5)26)13(3)30-14(4)25/h8,13,16-20,27H,2,9-10H2,1,3-7H3/t13-,16-,17+,18+,19+,20-,23-,24+/m0/s1. The highest BCUT2D eigenvalue weighted by Crippen LogP contribution is 2.57. The lowest BCUT2D eigenvalue weighted by Crippen LogP contribution is -2.59. The maximum atomic E-state index is 13.4. The molecule has 3 aliphatic rings. The van der Waals surface area contributed by atoms with Gasteiger partial charge in [0.25, 0.3) is 0 Å². The van der Waals surface area contributed by atoms with E-state index in [0.717, 1.165) is 12.5 Å². The topological polar surface area (TPSA) is 125 Å². The molecule has 0 radical (unpaired) electrons. The number of rotatable bonds is 5. The Kier molecular flexibility index (Phi) is 6.50. The second-order valence-electron chi connectivity index (χ2n) is 9.70. The monoisotopic (exact) mass is 464 g/mol. The van der Waals surface area contributed by atoms with Crippen molar-refractivity contribution in [3.8, 4) is 0 Å². The number of carbonyl (C=O) groups excluding carboxylic acids is 4. The van der Waals surface area contributed by atoms with Crippen LogP contribution in [0, 0.1) is 17.3 Å². The summed E-state index contributed by atoms with van der Waals surface area (Å²) in [7, 11) is 0. The third-order valence-electron chi connectivity index (χ3n) is 7.40. The van der Waals surface area contributed by atoms with Gasteiger partial charge in [-0.2, -0.15) is 0 Å². The summed E-state index contributed by atoms with van der Waals surface area (Å²) in [6, 6.07) is 0. The fraction of sp³-hybridized carbons (Fsp3) is 0.667. The number of aliphatic hydroxyl groups excluding tert-OH is 1. The highest BCUT2D eigenvalue weighted by molar-refractivity contribution is 5.91. The lowest BCUT2D eigenvalue weighted by Gasteiger charge is -2.53. The summed E-state index contributed by atoms with van der Waals surface area (Å²) in [5.41, 5.74) is -1.46. The van der Waals surface area contributed by atoms with E-state index in [0.29, 0.717) is 6.42 Å². The van der Waals surface area contributed by atoms with Gasteiger partial charge in [-0.05, 0) is 33.6 Å². The van der Waals surface area contributed by atoms with Crippen LogP contribution in [0.15, 0.2) is 23.8 Å². The highest BCUT2D eigenvalue weighted by Gasteiger charge is 2.62. The summed E-state index contributed by atoms with van der Waals surface area (Å²) in [5, 5.41) is 10.9. The SMILES string of the molecule is C=C1C(=O)O[C@H]2[C@H]1[C@@H](OC(=O)[C@](C)(OC(C)=O)[C@H](C)OC(C)=O)C[C@@]1(C)[C@H](O)CC=C(C)[C@H]21. The van der Waals surface area contributed by atoms with Gasteiger partial charge < -0.3 is 24.1 Å². The van der Waals surface area contributed by atoms with Crippen molar-refractivity contribution in [2.45, 2.75) is 84.4 Å². The zero-order valence-electron chi connectivity index (χ0n) is 19.9. The minimum absolute atomic E-state index is 0.190. The fourth-order valence-electron chi connectivity index (χ4n) is 5.52. The molecule has 0 aromatic carbocycles. The average molecular weight is 465 g/mol. The van der Waals surface area contributed by atoms with Crippen molar-refractivity contribution in [1.82, 2.24) is 0 Å². The van der Waals surface area contributed by atoms with E-state index in [9.17, 15) is 24.3 Å². The first-order valence-electron chi connectivity index (χ1n) is 11.0. The van der Waals surface area contributed by atoms with Crippen LogP contribution in [0.1, 0.15) is 54.4 Å². The molecule has 0 aromatic heterocycles. The Morgan fingerprint density at radius 2 is 1.94 bits per heavy atom. The summed E-state index contributed by atoms with van der Waals surface area (Å²) >= 11 is 0. The molecule has 0 spiro atoms.